The van der Waals surface area contributed by atoms with E-state index in [-0.39, 0.29) is 18.2 Å². The maximum Gasteiger partial charge on any atom is 0.411 e. The van der Waals surface area contributed by atoms with E-state index in [9.17, 15) is 14.4 Å². The number of amides is 4. The molecular weight excluding hydrogens is 340 g/mol. The van der Waals surface area contributed by atoms with Crippen molar-refractivity contribution in [2.75, 3.05) is 37.4 Å². The maximum atomic E-state index is 12.1. The minimum absolute atomic E-state index is 0.0166. The number of likely N-dealkylation sites (tertiary alicyclic amines) is 1. The monoisotopic (exact) mass is 364 g/mol. The fraction of sp³-hybridized carbons (Fsp3) is 0.471. The molecule has 1 aliphatic heterocycles. The molecule has 9 nitrogen and oxygen atoms in total. The Morgan fingerprint density at radius 2 is 1.81 bits per heavy atom. The lowest BCUT2D eigenvalue weighted by molar-refractivity contribution is 0.0959. The molecule has 3 N–H and O–H groups in total. The summed E-state index contributed by atoms with van der Waals surface area (Å²) < 4.78 is 9.50. The van der Waals surface area contributed by atoms with Crippen molar-refractivity contribution in [3.05, 3.63) is 24.3 Å². The standard InChI is InChI=1S/C17H24N4O5/c1-3-26-17(24)21-9-7-12(8-10-21)18-15(22)19-13-5-4-6-14(11-13)20-16(23)25-2/h4-6,11-12H,3,7-10H2,1-2H3,(H,20,23)(H2,18,19,22). The van der Waals surface area contributed by atoms with Crippen LogP contribution in [0.4, 0.5) is 25.8 Å². The van der Waals surface area contributed by atoms with Gasteiger partial charge >= 0.3 is 18.2 Å². The Hall–Kier alpha value is -2.97. The molecule has 0 aliphatic carbocycles. The Morgan fingerprint density at radius 1 is 1.15 bits per heavy atom. The average Bonchev–Trinajstić information content (AvgIpc) is 2.62. The van der Waals surface area contributed by atoms with Crippen LogP contribution in [0, 0.1) is 0 Å². The third-order valence-electron chi connectivity index (χ3n) is 3.91. The molecule has 0 unspecified atom stereocenters. The van der Waals surface area contributed by atoms with Gasteiger partial charge in [0.25, 0.3) is 0 Å². The molecule has 1 aromatic rings. The molecule has 2 rings (SSSR count). The zero-order valence-electron chi connectivity index (χ0n) is 14.9. The summed E-state index contributed by atoms with van der Waals surface area (Å²) in [6.07, 6.45) is 0.428. The second-order valence-electron chi connectivity index (χ2n) is 5.76. The van der Waals surface area contributed by atoms with Crippen LogP contribution in [0.3, 0.4) is 0 Å². The zero-order chi connectivity index (χ0) is 18.9. The first-order valence-electron chi connectivity index (χ1n) is 8.46. The molecule has 4 amide bonds. The number of hydrogen-bond acceptors (Lipinski definition) is 5. The Bertz CT molecular complexity index is 644. The van der Waals surface area contributed by atoms with Crippen molar-refractivity contribution in [1.29, 1.82) is 0 Å². The van der Waals surface area contributed by atoms with E-state index in [2.05, 4.69) is 20.7 Å². The molecule has 142 valence electrons. The van der Waals surface area contributed by atoms with E-state index in [1.165, 1.54) is 7.11 Å². The lowest BCUT2D eigenvalue weighted by Crippen LogP contribution is -2.47. The Labute approximate surface area is 152 Å². The van der Waals surface area contributed by atoms with Gasteiger partial charge in [0.1, 0.15) is 0 Å². The van der Waals surface area contributed by atoms with Crippen LogP contribution in [-0.4, -0.2) is 56.0 Å². The second kappa shape index (κ2) is 9.50. The first kappa shape index (κ1) is 19.4. The summed E-state index contributed by atoms with van der Waals surface area (Å²) in [6.45, 7) is 3.21. The number of benzene rings is 1. The van der Waals surface area contributed by atoms with Gasteiger partial charge in [-0.2, -0.15) is 0 Å². The van der Waals surface area contributed by atoms with Crippen LogP contribution in [0.25, 0.3) is 0 Å². The van der Waals surface area contributed by atoms with Crippen molar-refractivity contribution in [1.82, 2.24) is 10.2 Å². The van der Waals surface area contributed by atoms with E-state index in [1.807, 2.05) is 0 Å². The third kappa shape index (κ3) is 5.83. The van der Waals surface area contributed by atoms with Crippen LogP contribution in [0.1, 0.15) is 19.8 Å². The summed E-state index contributed by atoms with van der Waals surface area (Å²) in [5.41, 5.74) is 1.05. The van der Waals surface area contributed by atoms with E-state index in [1.54, 1.807) is 36.1 Å². The number of carbonyl (C=O) groups is 3. The molecule has 26 heavy (non-hydrogen) atoms. The van der Waals surface area contributed by atoms with Crippen molar-refractivity contribution in [3.63, 3.8) is 0 Å². The summed E-state index contributed by atoms with van der Waals surface area (Å²) in [5, 5.41) is 8.15. The Morgan fingerprint density at radius 3 is 2.42 bits per heavy atom. The number of ether oxygens (including phenoxy) is 2. The highest BCUT2D eigenvalue weighted by Gasteiger charge is 2.24. The molecule has 0 atom stereocenters. The number of piperidine rings is 1. The second-order valence-corrected chi connectivity index (χ2v) is 5.76. The number of methoxy groups -OCH3 is 1. The van der Waals surface area contributed by atoms with E-state index in [4.69, 9.17) is 4.74 Å². The summed E-state index contributed by atoms with van der Waals surface area (Å²) >= 11 is 0. The van der Waals surface area contributed by atoms with E-state index in [0.29, 0.717) is 43.9 Å². The van der Waals surface area contributed by atoms with Crippen molar-refractivity contribution in [2.45, 2.75) is 25.8 Å². The largest absolute Gasteiger partial charge is 0.453 e. The summed E-state index contributed by atoms with van der Waals surface area (Å²) in [4.78, 5) is 36.7. The molecule has 1 aliphatic rings. The topological polar surface area (TPSA) is 109 Å². The molecule has 0 spiro atoms. The minimum Gasteiger partial charge on any atom is -0.453 e. The highest BCUT2D eigenvalue weighted by atomic mass is 16.6. The number of anilines is 2. The van der Waals surface area contributed by atoms with Crippen molar-refractivity contribution in [3.8, 4) is 0 Å². The van der Waals surface area contributed by atoms with Crippen LogP contribution in [0.5, 0.6) is 0 Å². The predicted molar refractivity (Wildman–Crippen MR) is 96.2 cm³/mol. The van der Waals surface area contributed by atoms with Gasteiger partial charge in [-0.3, -0.25) is 5.32 Å². The van der Waals surface area contributed by atoms with Crippen LogP contribution < -0.4 is 16.0 Å². The molecule has 1 aromatic carbocycles. The number of nitrogens with zero attached hydrogens (tertiary/aromatic N) is 1. The highest BCUT2D eigenvalue weighted by molar-refractivity contribution is 5.91. The minimum atomic E-state index is -0.583. The molecule has 0 bridgehead atoms. The summed E-state index contributed by atoms with van der Waals surface area (Å²) in [7, 11) is 1.28. The Balaban J connectivity index is 1.80. The number of hydrogen-bond donors (Lipinski definition) is 3. The normalized spacial score (nSPS) is 14.3. The van der Waals surface area contributed by atoms with Gasteiger partial charge in [-0.15, -0.1) is 0 Å². The van der Waals surface area contributed by atoms with Crippen LogP contribution in [0.15, 0.2) is 24.3 Å². The molecule has 1 saturated heterocycles. The lowest BCUT2D eigenvalue weighted by atomic mass is 10.1. The highest BCUT2D eigenvalue weighted by Crippen LogP contribution is 2.16. The van der Waals surface area contributed by atoms with Gasteiger partial charge in [0.05, 0.1) is 13.7 Å². The molecular formula is C17H24N4O5. The zero-order valence-corrected chi connectivity index (χ0v) is 14.9. The van der Waals surface area contributed by atoms with Gasteiger partial charge in [0.15, 0.2) is 0 Å². The quantitative estimate of drug-likeness (QED) is 0.761. The predicted octanol–water partition coefficient (Wildman–Crippen LogP) is 2.61. The SMILES string of the molecule is CCOC(=O)N1CCC(NC(=O)Nc2cccc(NC(=O)OC)c2)CC1. The van der Waals surface area contributed by atoms with Crippen molar-refractivity contribution < 1.29 is 23.9 Å². The summed E-state index contributed by atoms with van der Waals surface area (Å²) in [6, 6.07) is 6.38. The molecule has 1 fully saturated rings. The van der Waals surface area contributed by atoms with Crippen LogP contribution >= 0.6 is 0 Å². The van der Waals surface area contributed by atoms with E-state index < -0.39 is 6.09 Å². The van der Waals surface area contributed by atoms with Gasteiger partial charge in [-0.1, -0.05) is 6.07 Å². The van der Waals surface area contributed by atoms with Crippen LogP contribution in [0.2, 0.25) is 0 Å². The maximum absolute atomic E-state index is 12.1. The third-order valence-corrected chi connectivity index (χ3v) is 3.91. The summed E-state index contributed by atoms with van der Waals surface area (Å²) in [5.74, 6) is 0. The Kier molecular flexibility index (Phi) is 7.07. The van der Waals surface area contributed by atoms with Gasteiger partial charge < -0.3 is 25.0 Å². The van der Waals surface area contributed by atoms with E-state index >= 15 is 0 Å². The number of rotatable bonds is 4. The van der Waals surface area contributed by atoms with Gasteiger partial charge in [-0.25, -0.2) is 14.4 Å². The number of urea groups is 1. The fourth-order valence-corrected chi connectivity index (χ4v) is 2.62. The molecule has 0 aromatic heterocycles. The van der Waals surface area contributed by atoms with Crippen LogP contribution in [-0.2, 0) is 9.47 Å². The lowest BCUT2D eigenvalue weighted by Gasteiger charge is -2.31. The van der Waals surface area contributed by atoms with E-state index in [0.717, 1.165) is 0 Å². The average molecular weight is 364 g/mol. The first-order valence-corrected chi connectivity index (χ1v) is 8.46. The van der Waals surface area contributed by atoms with Crippen molar-refractivity contribution >= 4 is 29.6 Å². The van der Waals surface area contributed by atoms with Crippen molar-refractivity contribution in [2.24, 2.45) is 0 Å². The number of carbonyl (C=O) groups excluding carboxylic acids is 3. The molecule has 1 heterocycles. The fourth-order valence-electron chi connectivity index (χ4n) is 2.62. The van der Waals surface area contributed by atoms with Gasteiger partial charge in [0.2, 0.25) is 0 Å². The first-order chi connectivity index (χ1) is 12.5. The number of nitrogens with one attached hydrogen (secondary N) is 3. The van der Waals surface area contributed by atoms with Gasteiger partial charge in [0, 0.05) is 30.5 Å². The van der Waals surface area contributed by atoms with Gasteiger partial charge in [-0.05, 0) is 38.0 Å². The smallest absolute Gasteiger partial charge is 0.411 e. The molecule has 0 radical (unpaired) electrons. The molecule has 0 saturated carbocycles. The molecule has 9 heteroatoms.